The van der Waals surface area contributed by atoms with E-state index in [1.165, 1.54) is 5.56 Å². The van der Waals surface area contributed by atoms with Crippen LogP contribution in [0.1, 0.15) is 45.6 Å². The van der Waals surface area contributed by atoms with Gasteiger partial charge in [-0.1, -0.05) is 28.1 Å². The summed E-state index contributed by atoms with van der Waals surface area (Å²) in [5.41, 5.74) is 0.513. The second-order valence-corrected chi connectivity index (χ2v) is 7.35. The molecule has 0 radical (unpaired) electrons. The van der Waals surface area contributed by atoms with E-state index < -0.39 is 5.60 Å². The number of halogens is 1. The fourth-order valence-corrected chi connectivity index (χ4v) is 2.86. The molecule has 1 aromatic carbocycles. The molecule has 2 rings (SSSR count). The Morgan fingerprint density at radius 1 is 1.25 bits per heavy atom. The van der Waals surface area contributed by atoms with E-state index in [0.717, 1.165) is 23.7 Å². The Hall–Kier alpha value is -1.03. The number of rotatable bonds is 2. The zero-order valence-corrected chi connectivity index (χ0v) is 14.2. The molecular weight excluding hydrogens is 318 g/mol. The molecule has 1 fully saturated rings. The Morgan fingerprint density at radius 3 is 2.20 bits per heavy atom. The van der Waals surface area contributed by atoms with E-state index in [-0.39, 0.29) is 11.6 Å². The monoisotopic (exact) mass is 339 g/mol. The Bertz CT molecular complexity index is 486. The van der Waals surface area contributed by atoms with Crippen LogP contribution in [0.2, 0.25) is 0 Å². The van der Waals surface area contributed by atoms with E-state index in [1.54, 1.807) is 4.90 Å². The third-order valence-corrected chi connectivity index (χ3v) is 4.40. The molecule has 1 aromatic rings. The summed E-state index contributed by atoms with van der Waals surface area (Å²) in [4.78, 5) is 14.1. The molecule has 1 amide bonds. The quantitative estimate of drug-likeness (QED) is 0.781. The molecule has 4 heteroatoms. The third kappa shape index (κ3) is 3.00. The number of carbonyl (C=O) groups is 1. The van der Waals surface area contributed by atoms with Crippen molar-refractivity contribution in [2.24, 2.45) is 0 Å². The lowest BCUT2D eigenvalue weighted by Crippen LogP contribution is -2.53. The van der Waals surface area contributed by atoms with Crippen LogP contribution in [0.15, 0.2) is 28.7 Å². The maximum Gasteiger partial charge on any atom is 0.410 e. The number of benzene rings is 1. The predicted octanol–water partition coefficient (Wildman–Crippen LogP) is 4.70. The Kier molecular flexibility index (Phi) is 4.14. The Labute approximate surface area is 129 Å². The smallest absolute Gasteiger partial charge is 0.410 e. The van der Waals surface area contributed by atoms with E-state index in [1.807, 2.05) is 40.0 Å². The zero-order chi connectivity index (χ0) is 15.0. The van der Waals surface area contributed by atoms with E-state index in [4.69, 9.17) is 4.74 Å². The number of amides is 1. The molecule has 1 aliphatic rings. The summed E-state index contributed by atoms with van der Waals surface area (Å²) in [5, 5.41) is 0. The molecule has 1 saturated carbocycles. The molecule has 0 bridgehead atoms. The first-order valence-electron chi connectivity index (χ1n) is 6.97. The first-order chi connectivity index (χ1) is 9.24. The molecule has 0 aliphatic heterocycles. The van der Waals surface area contributed by atoms with Gasteiger partial charge in [-0.05, 0) is 57.7 Å². The molecule has 0 atom stereocenters. The minimum absolute atomic E-state index is 0.205. The molecule has 0 saturated heterocycles. The van der Waals surface area contributed by atoms with Crippen LogP contribution in [0.25, 0.3) is 0 Å². The summed E-state index contributed by atoms with van der Waals surface area (Å²) >= 11 is 3.45. The average molecular weight is 340 g/mol. The van der Waals surface area contributed by atoms with Gasteiger partial charge in [-0.15, -0.1) is 0 Å². The van der Waals surface area contributed by atoms with Crippen LogP contribution in [-0.4, -0.2) is 23.6 Å². The Balaban J connectivity index is 2.22. The van der Waals surface area contributed by atoms with Crippen LogP contribution in [0.3, 0.4) is 0 Å². The van der Waals surface area contributed by atoms with Gasteiger partial charge < -0.3 is 9.64 Å². The second kappa shape index (κ2) is 5.40. The summed E-state index contributed by atoms with van der Waals surface area (Å²) in [6, 6.07) is 8.23. The van der Waals surface area contributed by atoms with Crippen LogP contribution < -0.4 is 0 Å². The van der Waals surface area contributed by atoms with Gasteiger partial charge in [0.05, 0.1) is 5.54 Å². The standard InChI is InChI=1S/C16H22BrNO2/c1-15(2,3)20-14(19)18(4)16(10-5-11-16)12-6-8-13(17)9-7-12/h6-9H,5,10-11H2,1-4H3. The minimum Gasteiger partial charge on any atom is -0.444 e. The van der Waals surface area contributed by atoms with Gasteiger partial charge in [0.1, 0.15) is 5.60 Å². The van der Waals surface area contributed by atoms with Crippen molar-refractivity contribution in [3.63, 3.8) is 0 Å². The van der Waals surface area contributed by atoms with Crippen molar-refractivity contribution in [3.8, 4) is 0 Å². The van der Waals surface area contributed by atoms with Gasteiger partial charge in [-0.2, -0.15) is 0 Å². The first-order valence-corrected chi connectivity index (χ1v) is 7.77. The van der Waals surface area contributed by atoms with Crippen molar-refractivity contribution in [2.75, 3.05) is 7.05 Å². The van der Waals surface area contributed by atoms with Gasteiger partial charge in [0.15, 0.2) is 0 Å². The van der Waals surface area contributed by atoms with Crippen molar-refractivity contribution in [1.82, 2.24) is 4.90 Å². The summed E-state index contributed by atoms with van der Waals surface area (Å²) in [6.45, 7) is 5.68. The molecule has 0 aromatic heterocycles. The van der Waals surface area contributed by atoms with Gasteiger partial charge in [-0.3, -0.25) is 0 Å². The highest BCUT2D eigenvalue weighted by Gasteiger charge is 2.45. The van der Waals surface area contributed by atoms with Crippen molar-refractivity contribution in [2.45, 2.75) is 51.2 Å². The highest BCUT2D eigenvalue weighted by molar-refractivity contribution is 9.10. The number of ether oxygens (including phenoxy) is 1. The number of hydrogen-bond acceptors (Lipinski definition) is 2. The maximum atomic E-state index is 12.3. The summed E-state index contributed by atoms with van der Waals surface area (Å²) < 4.78 is 6.56. The van der Waals surface area contributed by atoms with Gasteiger partial charge >= 0.3 is 6.09 Å². The van der Waals surface area contributed by atoms with E-state index in [9.17, 15) is 4.79 Å². The number of hydrogen-bond donors (Lipinski definition) is 0. The number of nitrogens with zero attached hydrogens (tertiary/aromatic N) is 1. The van der Waals surface area contributed by atoms with E-state index >= 15 is 0 Å². The van der Waals surface area contributed by atoms with Crippen molar-refractivity contribution in [1.29, 1.82) is 0 Å². The van der Waals surface area contributed by atoms with E-state index in [2.05, 4.69) is 28.1 Å². The summed E-state index contributed by atoms with van der Waals surface area (Å²) in [7, 11) is 1.84. The highest BCUT2D eigenvalue weighted by atomic mass is 79.9. The molecule has 0 unspecified atom stereocenters. The van der Waals surface area contributed by atoms with Gasteiger partial charge in [0.25, 0.3) is 0 Å². The fourth-order valence-electron chi connectivity index (χ4n) is 2.59. The molecule has 20 heavy (non-hydrogen) atoms. The maximum absolute atomic E-state index is 12.3. The molecule has 0 N–H and O–H groups in total. The number of carbonyl (C=O) groups excluding carboxylic acids is 1. The molecule has 3 nitrogen and oxygen atoms in total. The minimum atomic E-state index is -0.462. The van der Waals surface area contributed by atoms with Crippen LogP contribution in [-0.2, 0) is 10.3 Å². The Morgan fingerprint density at radius 2 is 1.80 bits per heavy atom. The normalized spacial score (nSPS) is 17.2. The summed E-state index contributed by atoms with van der Waals surface area (Å²) in [6.07, 6.45) is 2.87. The van der Waals surface area contributed by atoms with Crippen molar-refractivity contribution >= 4 is 22.0 Å². The van der Waals surface area contributed by atoms with Gasteiger partial charge in [-0.25, -0.2) is 4.79 Å². The van der Waals surface area contributed by atoms with Crippen LogP contribution in [0.5, 0.6) is 0 Å². The third-order valence-electron chi connectivity index (χ3n) is 3.87. The van der Waals surface area contributed by atoms with Gasteiger partial charge in [0.2, 0.25) is 0 Å². The molecule has 0 heterocycles. The molecule has 1 aliphatic carbocycles. The zero-order valence-electron chi connectivity index (χ0n) is 12.6. The average Bonchev–Trinajstić information content (AvgIpc) is 2.27. The predicted molar refractivity (Wildman–Crippen MR) is 83.7 cm³/mol. The lowest BCUT2D eigenvalue weighted by molar-refractivity contribution is -0.0183. The van der Waals surface area contributed by atoms with Crippen molar-refractivity contribution in [3.05, 3.63) is 34.3 Å². The largest absolute Gasteiger partial charge is 0.444 e. The SMILES string of the molecule is CN(C(=O)OC(C)(C)C)C1(c2ccc(Br)cc2)CCC1. The van der Waals surface area contributed by atoms with E-state index in [0.29, 0.717) is 0 Å². The molecular formula is C16H22BrNO2. The summed E-state index contributed by atoms with van der Waals surface area (Å²) in [5.74, 6) is 0. The topological polar surface area (TPSA) is 29.5 Å². The lowest BCUT2D eigenvalue weighted by atomic mass is 9.71. The fraction of sp³-hybridized carbons (Fsp3) is 0.562. The van der Waals surface area contributed by atoms with Gasteiger partial charge in [0, 0.05) is 11.5 Å². The molecule has 0 spiro atoms. The van der Waals surface area contributed by atoms with Crippen molar-refractivity contribution < 1.29 is 9.53 Å². The van der Waals surface area contributed by atoms with Crippen LogP contribution in [0.4, 0.5) is 4.79 Å². The lowest BCUT2D eigenvalue weighted by Gasteiger charge is -2.49. The van der Waals surface area contributed by atoms with Crippen LogP contribution in [0, 0.1) is 0 Å². The second-order valence-electron chi connectivity index (χ2n) is 6.43. The molecule has 110 valence electrons. The highest BCUT2D eigenvalue weighted by Crippen LogP contribution is 2.46. The first kappa shape index (κ1) is 15.4. The van der Waals surface area contributed by atoms with Crippen LogP contribution >= 0.6 is 15.9 Å².